The third-order valence-electron chi connectivity index (χ3n) is 2.46. The Hall–Kier alpha value is -1.52. The van der Waals surface area contributed by atoms with E-state index in [-0.39, 0.29) is 0 Å². The lowest BCUT2D eigenvalue weighted by atomic mass is 10.3. The van der Waals surface area contributed by atoms with E-state index in [2.05, 4.69) is 15.9 Å². The monoisotopic (exact) mass is 354 g/mol. The third-order valence-corrected chi connectivity index (χ3v) is 3.25. The summed E-state index contributed by atoms with van der Waals surface area (Å²) in [5, 5.41) is 0.522. The van der Waals surface area contributed by atoms with Crippen molar-refractivity contribution >= 4 is 33.8 Å². The number of ether oxygens (including phenoxy) is 2. The van der Waals surface area contributed by atoms with Gasteiger partial charge in [0.2, 0.25) is 0 Å². The number of carbonyl (C=O) groups excluding carboxylic acids is 1. The zero-order valence-corrected chi connectivity index (χ0v) is 13.0. The van der Waals surface area contributed by atoms with E-state index in [9.17, 15) is 4.79 Å². The van der Waals surface area contributed by atoms with Crippen LogP contribution in [0, 0.1) is 0 Å². The van der Waals surface area contributed by atoms with Crippen LogP contribution >= 0.6 is 27.5 Å². The predicted molar refractivity (Wildman–Crippen MR) is 81.8 cm³/mol. The number of rotatable bonds is 5. The molecule has 0 radical (unpaired) electrons. The van der Waals surface area contributed by atoms with Gasteiger partial charge in [-0.05, 0) is 49.4 Å². The molecule has 0 aliphatic heterocycles. The van der Waals surface area contributed by atoms with Gasteiger partial charge in [-0.2, -0.15) is 0 Å². The summed E-state index contributed by atoms with van der Waals surface area (Å²) in [6.07, 6.45) is 0.272. The van der Waals surface area contributed by atoms with Gasteiger partial charge in [0.1, 0.15) is 17.2 Å². The van der Waals surface area contributed by atoms with Gasteiger partial charge < -0.3 is 9.47 Å². The quantitative estimate of drug-likeness (QED) is 0.718. The van der Waals surface area contributed by atoms with Gasteiger partial charge in [0.15, 0.2) is 12.4 Å². The molecule has 0 saturated carbocycles. The molecule has 5 heteroatoms. The Balaban J connectivity index is 2.08. The van der Waals surface area contributed by atoms with Crippen molar-refractivity contribution in [3.8, 4) is 17.2 Å². The standard InChI is InChI=1S/C15H12BrClO3/c1-10(9-18)19-12-3-5-13(6-4-12)20-15-7-2-11(16)8-14(15)17/h2-10H,1H3. The smallest absolute Gasteiger partial charge is 0.160 e. The molecule has 20 heavy (non-hydrogen) atoms. The predicted octanol–water partition coefficient (Wildman–Crippen LogP) is 4.86. The van der Waals surface area contributed by atoms with Gasteiger partial charge >= 0.3 is 0 Å². The van der Waals surface area contributed by atoms with Crippen molar-refractivity contribution in [2.75, 3.05) is 0 Å². The molecule has 0 bridgehead atoms. The third kappa shape index (κ3) is 3.99. The van der Waals surface area contributed by atoms with E-state index in [1.165, 1.54) is 0 Å². The highest BCUT2D eigenvalue weighted by molar-refractivity contribution is 9.10. The van der Waals surface area contributed by atoms with Crippen LogP contribution in [0.1, 0.15) is 6.92 Å². The van der Waals surface area contributed by atoms with Gasteiger partial charge in [-0.15, -0.1) is 0 Å². The van der Waals surface area contributed by atoms with E-state index >= 15 is 0 Å². The van der Waals surface area contributed by atoms with Gasteiger partial charge in [0.25, 0.3) is 0 Å². The van der Waals surface area contributed by atoms with E-state index in [4.69, 9.17) is 21.1 Å². The van der Waals surface area contributed by atoms with E-state index < -0.39 is 6.10 Å². The molecule has 0 aliphatic rings. The van der Waals surface area contributed by atoms with Crippen LogP contribution in [0.25, 0.3) is 0 Å². The van der Waals surface area contributed by atoms with Crippen LogP contribution in [-0.4, -0.2) is 12.4 Å². The lowest BCUT2D eigenvalue weighted by Crippen LogP contribution is -2.12. The lowest BCUT2D eigenvalue weighted by Gasteiger charge is -2.10. The molecule has 2 aromatic rings. The van der Waals surface area contributed by atoms with Gasteiger partial charge in [-0.3, -0.25) is 4.79 Å². The zero-order chi connectivity index (χ0) is 14.5. The minimum Gasteiger partial charge on any atom is -0.483 e. The molecule has 0 spiro atoms. The maximum atomic E-state index is 10.5. The molecular formula is C15H12BrClO3. The second-order valence-electron chi connectivity index (χ2n) is 4.11. The summed E-state index contributed by atoms with van der Waals surface area (Å²) in [5.41, 5.74) is 0. The Kier molecular flexibility index (Phi) is 5.04. The zero-order valence-electron chi connectivity index (χ0n) is 10.7. The number of hydrogen-bond acceptors (Lipinski definition) is 3. The van der Waals surface area contributed by atoms with Crippen molar-refractivity contribution < 1.29 is 14.3 Å². The Labute approximate surface area is 130 Å². The van der Waals surface area contributed by atoms with Gasteiger partial charge in [-0.25, -0.2) is 0 Å². The fraction of sp³-hybridized carbons (Fsp3) is 0.133. The van der Waals surface area contributed by atoms with E-state index in [0.29, 0.717) is 22.3 Å². The first-order valence-corrected chi connectivity index (χ1v) is 7.10. The average molecular weight is 356 g/mol. The maximum absolute atomic E-state index is 10.5. The van der Waals surface area contributed by atoms with Gasteiger partial charge in [0, 0.05) is 4.47 Å². The van der Waals surface area contributed by atoms with Crippen LogP contribution in [0.4, 0.5) is 0 Å². The molecule has 0 heterocycles. The summed E-state index contributed by atoms with van der Waals surface area (Å²) in [6.45, 7) is 1.68. The normalized spacial score (nSPS) is 11.8. The summed E-state index contributed by atoms with van der Waals surface area (Å²) in [5.74, 6) is 1.82. The Bertz CT molecular complexity index is 599. The van der Waals surface area contributed by atoms with Crippen molar-refractivity contribution in [2.24, 2.45) is 0 Å². The second kappa shape index (κ2) is 6.77. The number of carbonyl (C=O) groups is 1. The first-order valence-electron chi connectivity index (χ1n) is 5.93. The molecule has 1 unspecified atom stereocenters. The molecule has 0 fully saturated rings. The molecule has 3 nitrogen and oxygen atoms in total. The SMILES string of the molecule is CC(C=O)Oc1ccc(Oc2ccc(Br)cc2Cl)cc1. The van der Waals surface area contributed by atoms with Gasteiger partial charge in [-0.1, -0.05) is 27.5 Å². The number of halogens is 2. The Morgan fingerprint density at radius 2 is 1.80 bits per heavy atom. The van der Waals surface area contributed by atoms with Crippen LogP contribution in [0.2, 0.25) is 5.02 Å². The Morgan fingerprint density at radius 1 is 1.15 bits per heavy atom. The number of hydrogen-bond donors (Lipinski definition) is 0. The average Bonchev–Trinajstić information content (AvgIpc) is 2.44. The molecule has 0 aliphatic carbocycles. The van der Waals surface area contributed by atoms with Crippen LogP contribution in [0.5, 0.6) is 17.2 Å². The largest absolute Gasteiger partial charge is 0.483 e. The van der Waals surface area contributed by atoms with Crippen molar-refractivity contribution in [2.45, 2.75) is 13.0 Å². The van der Waals surface area contributed by atoms with Crippen molar-refractivity contribution in [1.82, 2.24) is 0 Å². The molecule has 104 valence electrons. The summed E-state index contributed by atoms with van der Waals surface area (Å²) in [7, 11) is 0. The first-order chi connectivity index (χ1) is 9.58. The molecule has 2 aromatic carbocycles. The summed E-state index contributed by atoms with van der Waals surface area (Å²) in [4.78, 5) is 10.5. The molecule has 1 atom stereocenters. The summed E-state index contributed by atoms with van der Waals surface area (Å²) >= 11 is 9.42. The highest BCUT2D eigenvalue weighted by Gasteiger charge is 2.05. The maximum Gasteiger partial charge on any atom is 0.160 e. The molecule has 0 amide bonds. The van der Waals surface area contributed by atoms with Crippen LogP contribution < -0.4 is 9.47 Å². The van der Waals surface area contributed by atoms with Gasteiger partial charge in [0.05, 0.1) is 5.02 Å². The minimum atomic E-state index is -0.470. The molecular weight excluding hydrogens is 344 g/mol. The summed E-state index contributed by atoms with van der Waals surface area (Å²) < 4.78 is 11.9. The van der Waals surface area contributed by atoms with Crippen molar-refractivity contribution in [3.63, 3.8) is 0 Å². The van der Waals surface area contributed by atoms with Crippen LogP contribution in [0.3, 0.4) is 0 Å². The second-order valence-corrected chi connectivity index (χ2v) is 5.43. The molecule has 0 N–H and O–H groups in total. The fourth-order valence-electron chi connectivity index (χ4n) is 1.51. The minimum absolute atomic E-state index is 0.470. The van der Waals surface area contributed by atoms with Crippen molar-refractivity contribution in [3.05, 3.63) is 52.0 Å². The van der Waals surface area contributed by atoms with E-state index in [0.717, 1.165) is 10.8 Å². The van der Waals surface area contributed by atoms with Crippen LogP contribution in [-0.2, 0) is 4.79 Å². The fourth-order valence-corrected chi connectivity index (χ4v) is 2.23. The first kappa shape index (κ1) is 14.9. The van der Waals surface area contributed by atoms with E-state index in [1.54, 1.807) is 43.3 Å². The lowest BCUT2D eigenvalue weighted by molar-refractivity contribution is -0.113. The molecule has 2 rings (SSSR count). The molecule has 0 aromatic heterocycles. The van der Waals surface area contributed by atoms with E-state index in [1.807, 2.05) is 6.07 Å². The van der Waals surface area contributed by atoms with Crippen LogP contribution in [0.15, 0.2) is 46.9 Å². The molecule has 0 saturated heterocycles. The highest BCUT2D eigenvalue weighted by atomic mass is 79.9. The number of benzene rings is 2. The summed E-state index contributed by atoms with van der Waals surface area (Å²) in [6, 6.07) is 12.4. The number of aldehydes is 1. The Morgan fingerprint density at radius 3 is 2.40 bits per heavy atom. The van der Waals surface area contributed by atoms with Crippen molar-refractivity contribution in [1.29, 1.82) is 0 Å². The highest BCUT2D eigenvalue weighted by Crippen LogP contribution is 2.32. The topological polar surface area (TPSA) is 35.5 Å².